The molecule has 3 rings (SSSR count). The second-order valence-corrected chi connectivity index (χ2v) is 5.40. The molecular weight excluding hydrogens is 304 g/mol. The van der Waals surface area contributed by atoms with Gasteiger partial charge in [-0.05, 0) is 36.8 Å². The van der Waals surface area contributed by atoms with Gasteiger partial charge >= 0.3 is 0 Å². The minimum absolute atomic E-state index is 0.0744. The van der Waals surface area contributed by atoms with E-state index in [1.165, 1.54) is 0 Å². The van der Waals surface area contributed by atoms with E-state index in [2.05, 4.69) is 10.3 Å². The summed E-state index contributed by atoms with van der Waals surface area (Å²) in [7, 11) is 1.59. The molecule has 0 radical (unpaired) electrons. The van der Waals surface area contributed by atoms with E-state index in [1.54, 1.807) is 19.4 Å². The molecule has 0 saturated heterocycles. The molecule has 0 aliphatic heterocycles. The van der Waals surface area contributed by atoms with E-state index >= 15 is 0 Å². The van der Waals surface area contributed by atoms with Crippen LogP contribution in [0.4, 0.5) is 5.69 Å². The van der Waals surface area contributed by atoms with Crippen molar-refractivity contribution in [2.45, 2.75) is 6.92 Å². The third-order valence-corrected chi connectivity index (χ3v) is 3.55. The number of anilines is 1. The molecule has 0 aliphatic carbocycles. The first-order chi connectivity index (χ1) is 11.7. The first-order valence-electron chi connectivity index (χ1n) is 7.58. The fraction of sp³-hybridized carbons (Fsp3) is 0.158. The number of amides is 1. The molecule has 1 aromatic heterocycles. The second kappa shape index (κ2) is 7.00. The van der Waals surface area contributed by atoms with E-state index in [1.807, 2.05) is 49.4 Å². The van der Waals surface area contributed by atoms with Crippen molar-refractivity contribution in [1.82, 2.24) is 4.98 Å². The van der Waals surface area contributed by atoms with E-state index in [-0.39, 0.29) is 12.5 Å². The zero-order valence-corrected chi connectivity index (χ0v) is 13.6. The number of rotatable bonds is 5. The summed E-state index contributed by atoms with van der Waals surface area (Å²) in [6, 6.07) is 15.0. The van der Waals surface area contributed by atoms with Crippen LogP contribution in [0.2, 0.25) is 0 Å². The van der Waals surface area contributed by atoms with Gasteiger partial charge in [-0.25, -0.2) is 0 Å². The third-order valence-electron chi connectivity index (χ3n) is 3.55. The lowest BCUT2D eigenvalue weighted by Crippen LogP contribution is -2.20. The number of nitrogens with zero attached hydrogens (tertiary/aromatic N) is 1. The van der Waals surface area contributed by atoms with Crippen molar-refractivity contribution in [3.63, 3.8) is 0 Å². The summed E-state index contributed by atoms with van der Waals surface area (Å²) in [4.78, 5) is 16.5. The predicted molar refractivity (Wildman–Crippen MR) is 93.6 cm³/mol. The molecule has 5 heteroatoms. The SMILES string of the molecule is COc1cc(NC(=O)COc2cccc(C)c2)c2ncccc2c1. The number of carbonyl (C=O) groups is 1. The van der Waals surface area contributed by atoms with Gasteiger partial charge < -0.3 is 14.8 Å². The van der Waals surface area contributed by atoms with Crippen LogP contribution in [0.1, 0.15) is 5.56 Å². The Hall–Kier alpha value is -3.08. The average molecular weight is 322 g/mol. The van der Waals surface area contributed by atoms with Crippen molar-refractivity contribution in [2.24, 2.45) is 0 Å². The Labute approximate surface area is 140 Å². The van der Waals surface area contributed by atoms with E-state index in [9.17, 15) is 4.79 Å². The fourth-order valence-electron chi connectivity index (χ4n) is 2.42. The lowest BCUT2D eigenvalue weighted by molar-refractivity contribution is -0.118. The Morgan fingerprint density at radius 1 is 1.12 bits per heavy atom. The maximum absolute atomic E-state index is 12.2. The maximum Gasteiger partial charge on any atom is 0.262 e. The number of pyridine rings is 1. The highest BCUT2D eigenvalue weighted by molar-refractivity contribution is 6.01. The number of carbonyl (C=O) groups excluding carboxylic acids is 1. The standard InChI is InChI=1S/C19H18N2O3/c1-13-5-3-7-15(9-13)24-12-18(22)21-17-11-16(23-2)10-14-6-4-8-20-19(14)17/h3-11H,12H2,1-2H3,(H,21,22). The Morgan fingerprint density at radius 3 is 2.79 bits per heavy atom. The monoisotopic (exact) mass is 322 g/mol. The summed E-state index contributed by atoms with van der Waals surface area (Å²) in [5.74, 6) is 1.07. The average Bonchev–Trinajstić information content (AvgIpc) is 2.60. The minimum Gasteiger partial charge on any atom is -0.497 e. The molecule has 0 spiro atoms. The Morgan fingerprint density at radius 2 is 2.00 bits per heavy atom. The molecule has 2 aromatic carbocycles. The second-order valence-electron chi connectivity index (χ2n) is 5.40. The lowest BCUT2D eigenvalue weighted by Gasteiger charge is -2.11. The maximum atomic E-state index is 12.2. The first-order valence-corrected chi connectivity index (χ1v) is 7.58. The van der Waals surface area contributed by atoms with Crippen LogP contribution in [-0.4, -0.2) is 24.6 Å². The lowest BCUT2D eigenvalue weighted by atomic mass is 10.1. The number of methoxy groups -OCH3 is 1. The van der Waals surface area contributed by atoms with Crippen LogP contribution in [0.25, 0.3) is 10.9 Å². The summed E-state index contributed by atoms with van der Waals surface area (Å²) in [6.45, 7) is 1.90. The van der Waals surface area contributed by atoms with Crippen molar-refractivity contribution < 1.29 is 14.3 Å². The van der Waals surface area contributed by atoms with Gasteiger partial charge in [0, 0.05) is 17.6 Å². The summed E-state index contributed by atoms with van der Waals surface area (Å²) < 4.78 is 10.8. The molecule has 1 N–H and O–H groups in total. The molecule has 1 heterocycles. The number of hydrogen-bond donors (Lipinski definition) is 1. The summed E-state index contributed by atoms with van der Waals surface area (Å²) in [5.41, 5.74) is 2.39. The summed E-state index contributed by atoms with van der Waals surface area (Å²) in [5, 5.41) is 3.73. The number of benzene rings is 2. The molecule has 0 unspecified atom stereocenters. The highest BCUT2D eigenvalue weighted by Crippen LogP contribution is 2.27. The van der Waals surface area contributed by atoms with Crippen LogP contribution in [0.5, 0.6) is 11.5 Å². The molecule has 0 atom stereocenters. The zero-order valence-electron chi connectivity index (χ0n) is 13.6. The van der Waals surface area contributed by atoms with Gasteiger partial charge in [-0.2, -0.15) is 0 Å². The van der Waals surface area contributed by atoms with E-state index in [0.29, 0.717) is 22.7 Å². The van der Waals surface area contributed by atoms with Crippen LogP contribution in [0.3, 0.4) is 0 Å². The van der Waals surface area contributed by atoms with Gasteiger partial charge in [0.05, 0.1) is 18.3 Å². The van der Waals surface area contributed by atoms with Crippen molar-refractivity contribution in [3.8, 4) is 11.5 Å². The van der Waals surface area contributed by atoms with Crippen molar-refractivity contribution in [1.29, 1.82) is 0 Å². The number of aryl methyl sites for hydroxylation is 1. The number of aromatic nitrogens is 1. The fourth-order valence-corrected chi connectivity index (χ4v) is 2.42. The predicted octanol–water partition coefficient (Wildman–Crippen LogP) is 3.57. The van der Waals surface area contributed by atoms with Crippen LogP contribution >= 0.6 is 0 Å². The Balaban J connectivity index is 1.75. The largest absolute Gasteiger partial charge is 0.497 e. The van der Waals surface area contributed by atoms with Gasteiger partial charge in [-0.15, -0.1) is 0 Å². The van der Waals surface area contributed by atoms with Gasteiger partial charge in [0.2, 0.25) is 0 Å². The molecular formula is C19H18N2O3. The zero-order chi connectivity index (χ0) is 16.9. The van der Waals surface area contributed by atoms with Crippen LogP contribution in [-0.2, 0) is 4.79 Å². The number of nitrogens with one attached hydrogen (secondary N) is 1. The number of fused-ring (bicyclic) bond motifs is 1. The summed E-state index contributed by atoms with van der Waals surface area (Å²) in [6.07, 6.45) is 1.69. The van der Waals surface area contributed by atoms with Crippen molar-refractivity contribution in [3.05, 3.63) is 60.3 Å². The van der Waals surface area contributed by atoms with Gasteiger partial charge in [-0.3, -0.25) is 9.78 Å². The third kappa shape index (κ3) is 3.63. The first kappa shape index (κ1) is 15.8. The van der Waals surface area contributed by atoms with Crippen LogP contribution < -0.4 is 14.8 Å². The molecule has 0 aliphatic rings. The molecule has 1 amide bonds. The molecule has 5 nitrogen and oxygen atoms in total. The van der Waals surface area contributed by atoms with Gasteiger partial charge in [0.25, 0.3) is 5.91 Å². The van der Waals surface area contributed by atoms with Crippen LogP contribution in [0.15, 0.2) is 54.7 Å². The van der Waals surface area contributed by atoms with E-state index in [0.717, 1.165) is 10.9 Å². The highest BCUT2D eigenvalue weighted by Gasteiger charge is 2.10. The van der Waals surface area contributed by atoms with Gasteiger partial charge in [0.15, 0.2) is 6.61 Å². The van der Waals surface area contributed by atoms with Gasteiger partial charge in [0.1, 0.15) is 11.5 Å². The quantitative estimate of drug-likeness (QED) is 0.780. The Bertz CT molecular complexity index is 877. The number of ether oxygens (including phenoxy) is 2. The highest BCUT2D eigenvalue weighted by atomic mass is 16.5. The molecule has 3 aromatic rings. The topological polar surface area (TPSA) is 60.5 Å². The molecule has 24 heavy (non-hydrogen) atoms. The molecule has 0 saturated carbocycles. The normalized spacial score (nSPS) is 10.4. The number of hydrogen-bond acceptors (Lipinski definition) is 4. The van der Waals surface area contributed by atoms with Gasteiger partial charge in [-0.1, -0.05) is 18.2 Å². The molecule has 0 fully saturated rings. The van der Waals surface area contributed by atoms with Crippen molar-refractivity contribution >= 4 is 22.5 Å². The Kier molecular flexibility index (Phi) is 4.61. The van der Waals surface area contributed by atoms with E-state index < -0.39 is 0 Å². The van der Waals surface area contributed by atoms with E-state index in [4.69, 9.17) is 9.47 Å². The van der Waals surface area contributed by atoms with Crippen molar-refractivity contribution in [2.75, 3.05) is 19.0 Å². The minimum atomic E-state index is -0.253. The smallest absolute Gasteiger partial charge is 0.262 e. The molecule has 0 bridgehead atoms. The summed E-state index contributed by atoms with van der Waals surface area (Å²) >= 11 is 0. The molecule has 122 valence electrons. The van der Waals surface area contributed by atoms with Crippen LogP contribution in [0, 0.1) is 6.92 Å².